The van der Waals surface area contributed by atoms with Crippen LogP contribution in [0.1, 0.15) is 105 Å². The van der Waals surface area contributed by atoms with Gasteiger partial charge in [0.15, 0.2) is 0 Å². The van der Waals surface area contributed by atoms with Crippen molar-refractivity contribution >= 4 is 5.97 Å². The third kappa shape index (κ3) is 4.21. The van der Waals surface area contributed by atoms with Crippen molar-refractivity contribution in [2.45, 2.75) is 111 Å². The number of carbonyl (C=O) groups is 1. The van der Waals surface area contributed by atoms with E-state index in [1.165, 1.54) is 63.9 Å². The molecule has 0 aromatic heterocycles. The van der Waals surface area contributed by atoms with Crippen molar-refractivity contribution in [2.24, 2.45) is 46.3 Å². The summed E-state index contributed by atoms with van der Waals surface area (Å²) in [5.41, 5.74) is 1.83. The molecule has 0 spiro atoms. The Balaban J connectivity index is 1.50. The average molecular weight is 445 g/mol. The molecule has 4 aliphatic rings. The number of hydrogen-bond acceptors (Lipinski definition) is 3. The first-order chi connectivity index (χ1) is 15.2. The quantitative estimate of drug-likeness (QED) is 0.342. The maximum atomic E-state index is 11.5. The van der Waals surface area contributed by atoms with Crippen LogP contribution in [-0.2, 0) is 9.53 Å². The third-order valence-corrected chi connectivity index (χ3v) is 10.6. The molecule has 4 rings (SSSR count). The molecule has 4 aliphatic carbocycles. The van der Waals surface area contributed by atoms with Gasteiger partial charge in [0, 0.05) is 18.8 Å². The Morgan fingerprint density at radius 2 is 1.91 bits per heavy atom. The zero-order valence-electron chi connectivity index (χ0n) is 21.4. The van der Waals surface area contributed by atoms with E-state index in [4.69, 9.17) is 4.74 Å². The summed E-state index contributed by atoms with van der Waals surface area (Å²) in [6, 6.07) is 0. The fourth-order valence-electron chi connectivity index (χ4n) is 9.08. The van der Waals surface area contributed by atoms with Crippen molar-refractivity contribution in [1.29, 1.82) is 0 Å². The van der Waals surface area contributed by atoms with Gasteiger partial charge >= 0.3 is 5.97 Å². The maximum absolute atomic E-state index is 11.5. The number of hydrogen-bond donors (Lipinski definition) is 1. The van der Waals surface area contributed by atoms with Gasteiger partial charge < -0.3 is 9.84 Å². The molecule has 0 bridgehead atoms. The lowest BCUT2D eigenvalue weighted by Crippen LogP contribution is -2.53. The van der Waals surface area contributed by atoms with Crippen molar-refractivity contribution in [3.8, 4) is 0 Å². The van der Waals surface area contributed by atoms with E-state index in [0.717, 1.165) is 48.9 Å². The number of allylic oxidation sites excluding steroid dienone is 1. The number of rotatable bonds is 7. The largest absolute Gasteiger partial charge is 0.462 e. The van der Waals surface area contributed by atoms with Crippen LogP contribution in [0.15, 0.2) is 11.6 Å². The molecule has 3 saturated carbocycles. The molecule has 0 aromatic carbocycles. The lowest BCUT2D eigenvalue weighted by Gasteiger charge is -2.59. The number of aliphatic hydroxyl groups excluding tert-OH is 1. The summed E-state index contributed by atoms with van der Waals surface area (Å²) < 4.78 is 5.58. The Kier molecular flexibility index (Phi) is 7.16. The molecule has 8 atom stereocenters. The van der Waals surface area contributed by atoms with Crippen molar-refractivity contribution < 1.29 is 14.6 Å². The molecule has 4 unspecified atom stereocenters. The summed E-state index contributed by atoms with van der Waals surface area (Å²) in [4.78, 5) is 11.5. The summed E-state index contributed by atoms with van der Waals surface area (Å²) in [5, 5.41) is 10.7. The first-order valence-electron chi connectivity index (χ1n) is 13.7. The van der Waals surface area contributed by atoms with E-state index in [0.29, 0.717) is 11.3 Å². The second kappa shape index (κ2) is 9.43. The molecule has 1 N–H and O–H groups in total. The maximum Gasteiger partial charge on any atom is 0.302 e. The molecule has 0 heterocycles. The number of carbonyl (C=O) groups excluding carboxylic acids is 1. The number of esters is 1. The van der Waals surface area contributed by atoms with E-state index in [1.807, 2.05) is 0 Å². The summed E-state index contributed by atoms with van der Waals surface area (Å²) in [5.74, 6) is 4.50. The Hall–Kier alpha value is -0.830. The van der Waals surface area contributed by atoms with Crippen LogP contribution in [0.2, 0.25) is 0 Å². The molecule has 0 amide bonds. The van der Waals surface area contributed by atoms with Gasteiger partial charge in [-0.25, -0.2) is 0 Å². The lowest BCUT2D eigenvalue weighted by atomic mass is 9.46. The van der Waals surface area contributed by atoms with E-state index in [1.54, 1.807) is 0 Å². The topological polar surface area (TPSA) is 46.5 Å². The Labute approximate surface area is 196 Å². The second-order valence-electron chi connectivity index (χ2n) is 12.7. The average Bonchev–Trinajstić information content (AvgIpc) is 3.10. The highest BCUT2D eigenvalue weighted by molar-refractivity contribution is 5.66. The fraction of sp³-hybridized carbons (Fsp3) is 0.897. The van der Waals surface area contributed by atoms with Crippen LogP contribution < -0.4 is 0 Å². The Morgan fingerprint density at radius 1 is 1.12 bits per heavy atom. The highest BCUT2D eigenvalue weighted by atomic mass is 16.5. The van der Waals surface area contributed by atoms with Gasteiger partial charge in [-0.05, 0) is 85.9 Å². The zero-order valence-corrected chi connectivity index (χ0v) is 21.4. The van der Waals surface area contributed by atoms with Gasteiger partial charge in [-0.1, -0.05) is 58.6 Å². The third-order valence-electron chi connectivity index (χ3n) is 10.6. The predicted molar refractivity (Wildman–Crippen MR) is 130 cm³/mol. The van der Waals surface area contributed by atoms with Gasteiger partial charge in [-0.3, -0.25) is 4.79 Å². The van der Waals surface area contributed by atoms with Crippen LogP contribution in [0.5, 0.6) is 0 Å². The van der Waals surface area contributed by atoms with Gasteiger partial charge in [0.05, 0.1) is 6.61 Å². The van der Waals surface area contributed by atoms with Gasteiger partial charge in [0.25, 0.3) is 0 Å². The molecule has 0 radical (unpaired) electrons. The molecule has 3 fully saturated rings. The lowest BCUT2D eigenvalue weighted by molar-refractivity contribution is -0.149. The van der Waals surface area contributed by atoms with Gasteiger partial charge in [-0.2, -0.15) is 0 Å². The SMILES string of the molecule is CC(=O)O[C@H]1CC[C@@]2(CO)C(=CCC3C2CC[C@@]2(C)C3CC[C@@H]2C(C)CCCC(C)C)C1. The fourth-order valence-corrected chi connectivity index (χ4v) is 9.08. The first-order valence-corrected chi connectivity index (χ1v) is 13.7. The van der Waals surface area contributed by atoms with Crippen LogP contribution >= 0.6 is 0 Å². The molecule has 0 saturated heterocycles. The molecule has 32 heavy (non-hydrogen) atoms. The monoisotopic (exact) mass is 444 g/mol. The van der Waals surface area contributed by atoms with Crippen molar-refractivity contribution in [2.75, 3.05) is 6.61 Å². The molecule has 0 aromatic rings. The number of fused-ring (bicyclic) bond motifs is 5. The normalized spacial score (nSPS) is 42.0. The Bertz CT molecular complexity index is 711. The molecular formula is C29H48O3. The second-order valence-corrected chi connectivity index (χ2v) is 12.7. The number of aliphatic hydroxyl groups is 1. The molecular weight excluding hydrogens is 396 g/mol. The summed E-state index contributed by atoms with van der Waals surface area (Å²) >= 11 is 0. The van der Waals surface area contributed by atoms with Crippen LogP contribution in [0.3, 0.4) is 0 Å². The van der Waals surface area contributed by atoms with Crippen LogP contribution in [0.4, 0.5) is 0 Å². The summed E-state index contributed by atoms with van der Waals surface area (Å²) in [6.45, 7) is 11.6. The Morgan fingerprint density at radius 3 is 2.59 bits per heavy atom. The van der Waals surface area contributed by atoms with E-state index >= 15 is 0 Å². The van der Waals surface area contributed by atoms with E-state index in [2.05, 4.69) is 33.8 Å². The van der Waals surface area contributed by atoms with Crippen molar-refractivity contribution in [3.63, 3.8) is 0 Å². The first kappa shape index (κ1) is 24.3. The highest BCUT2D eigenvalue weighted by Gasteiger charge is 2.60. The predicted octanol–water partition coefficient (Wildman–Crippen LogP) is 6.93. The number of ether oxygens (including phenoxy) is 1. The highest BCUT2D eigenvalue weighted by Crippen LogP contribution is 2.67. The molecule has 3 nitrogen and oxygen atoms in total. The van der Waals surface area contributed by atoms with Gasteiger partial charge in [-0.15, -0.1) is 0 Å². The minimum Gasteiger partial charge on any atom is -0.462 e. The van der Waals surface area contributed by atoms with Gasteiger partial charge in [0.2, 0.25) is 0 Å². The minimum atomic E-state index is -0.172. The van der Waals surface area contributed by atoms with E-state index in [-0.39, 0.29) is 24.1 Å². The van der Waals surface area contributed by atoms with Crippen LogP contribution in [0.25, 0.3) is 0 Å². The minimum absolute atomic E-state index is 0.00591. The van der Waals surface area contributed by atoms with Gasteiger partial charge in [0.1, 0.15) is 6.10 Å². The smallest absolute Gasteiger partial charge is 0.302 e. The van der Waals surface area contributed by atoms with Crippen LogP contribution in [-0.4, -0.2) is 23.8 Å². The van der Waals surface area contributed by atoms with Crippen molar-refractivity contribution in [1.82, 2.24) is 0 Å². The van der Waals surface area contributed by atoms with Crippen molar-refractivity contribution in [3.05, 3.63) is 11.6 Å². The summed E-state index contributed by atoms with van der Waals surface area (Å²) in [7, 11) is 0. The zero-order chi connectivity index (χ0) is 23.1. The summed E-state index contributed by atoms with van der Waals surface area (Å²) in [6.07, 6.45) is 15.9. The standard InChI is InChI=1S/C29H48O3/c1-19(2)7-6-8-20(3)25-11-12-26-24-10-9-22-17-23(32-21(4)31)13-16-29(22,18-30)27(24)14-15-28(25,26)5/h9,19-20,23-27,30H,6-8,10-18H2,1-5H3/t20?,23-,24?,25+,26?,27?,28+,29+/m0/s1. The van der Waals surface area contributed by atoms with Crippen LogP contribution in [0, 0.1) is 46.3 Å². The molecule has 182 valence electrons. The molecule has 3 heteroatoms. The molecule has 0 aliphatic heterocycles. The van der Waals surface area contributed by atoms with E-state index in [9.17, 15) is 9.90 Å². The van der Waals surface area contributed by atoms with E-state index < -0.39 is 0 Å².